The Balaban J connectivity index is 4.22. The molecule has 0 fully saturated rings. The van der Waals surface area contributed by atoms with Crippen LogP contribution in [0.25, 0.3) is 0 Å². The van der Waals surface area contributed by atoms with Crippen molar-refractivity contribution >= 4 is 13.7 Å². The number of aliphatic hydroxyl groups is 1. The number of carbonyl (C=O) groups excluding carboxylic acids is 1. The molecule has 0 bridgehead atoms. The van der Waals surface area contributed by atoms with Gasteiger partial charge in [-0.2, -0.15) is 0 Å². The zero-order valence-electron chi connectivity index (χ0n) is 36.6. The molecule has 0 aromatic rings. The molecule has 3 atom stereocenters. The van der Waals surface area contributed by atoms with E-state index in [4.69, 9.17) is 14.8 Å². The number of phosphoric ester groups is 1. The highest BCUT2D eigenvalue weighted by molar-refractivity contribution is 7.47. The molecule has 5 N–H and O–H groups in total. The van der Waals surface area contributed by atoms with Crippen LogP contribution in [0.4, 0.5) is 0 Å². The van der Waals surface area contributed by atoms with Crippen LogP contribution in [0.2, 0.25) is 0 Å². The third-order valence-corrected chi connectivity index (χ3v) is 11.4. The van der Waals surface area contributed by atoms with Crippen molar-refractivity contribution in [1.82, 2.24) is 5.32 Å². The van der Waals surface area contributed by atoms with E-state index in [0.29, 0.717) is 6.42 Å². The highest BCUT2D eigenvalue weighted by atomic mass is 31.2. The van der Waals surface area contributed by atoms with Crippen molar-refractivity contribution in [3.05, 3.63) is 36.5 Å². The van der Waals surface area contributed by atoms with Crippen LogP contribution in [0, 0.1) is 0 Å². The average Bonchev–Trinajstić information content (AvgIpc) is 3.19. The molecular weight excluding hydrogens is 719 g/mol. The van der Waals surface area contributed by atoms with Gasteiger partial charge in [-0.05, 0) is 44.9 Å². The minimum Gasteiger partial charge on any atom is -0.387 e. The maximum absolute atomic E-state index is 12.8. The van der Waals surface area contributed by atoms with E-state index < -0.39 is 20.0 Å². The maximum atomic E-state index is 12.8. The van der Waals surface area contributed by atoms with E-state index >= 15 is 0 Å². The highest BCUT2D eigenvalue weighted by Crippen LogP contribution is 2.43. The number of allylic oxidation sites excluding steroid dienone is 5. The lowest BCUT2D eigenvalue weighted by atomic mass is 10.0. The summed E-state index contributed by atoms with van der Waals surface area (Å²) in [6.07, 6.45) is 52.0. The summed E-state index contributed by atoms with van der Waals surface area (Å²) in [4.78, 5) is 22.7. The van der Waals surface area contributed by atoms with Crippen LogP contribution in [0.15, 0.2) is 36.5 Å². The maximum Gasteiger partial charge on any atom is 0.472 e. The van der Waals surface area contributed by atoms with Gasteiger partial charge in [0.15, 0.2) is 0 Å². The molecule has 0 saturated carbocycles. The summed E-state index contributed by atoms with van der Waals surface area (Å²) in [6, 6.07) is -0.880. The monoisotopic (exact) mass is 811 g/mol. The normalized spacial score (nSPS) is 14.3. The van der Waals surface area contributed by atoms with Crippen molar-refractivity contribution in [2.24, 2.45) is 5.73 Å². The molecule has 1 amide bonds. The van der Waals surface area contributed by atoms with Crippen LogP contribution < -0.4 is 11.1 Å². The molecule has 0 heterocycles. The molecule has 0 aromatic carbocycles. The van der Waals surface area contributed by atoms with E-state index in [1.807, 2.05) is 6.08 Å². The topological polar surface area (TPSA) is 131 Å². The lowest BCUT2D eigenvalue weighted by molar-refractivity contribution is -0.123. The van der Waals surface area contributed by atoms with Gasteiger partial charge >= 0.3 is 7.82 Å². The van der Waals surface area contributed by atoms with Gasteiger partial charge in [-0.1, -0.05) is 211 Å². The van der Waals surface area contributed by atoms with Crippen LogP contribution in [0.5, 0.6) is 0 Å². The molecular formula is C47H91N2O6P. The van der Waals surface area contributed by atoms with E-state index in [-0.39, 0.29) is 25.7 Å². The molecule has 0 saturated heterocycles. The van der Waals surface area contributed by atoms with Gasteiger partial charge in [0.25, 0.3) is 0 Å². The highest BCUT2D eigenvalue weighted by Gasteiger charge is 2.26. The van der Waals surface area contributed by atoms with Crippen LogP contribution >= 0.6 is 7.82 Å². The predicted molar refractivity (Wildman–Crippen MR) is 240 cm³/mol. The Bertz CT molecular complexity index is 974. The summed E-state index contributed by atoms with van der Waals surface area (Å²) in [7, 11) is -4.35. The van der Waals surface area contributed by atoms with Gasteiger partial charge in [-0.3, -0.25) is 13.8 Å². The number of nitrogens with one attached hydrogen (secondary N) is 1. The zero-order valence-corrected chi connectivity index (χ0v) is 37.5. The molecule has 330 valence electrons. The molecule has 3 unspecified atom stereocenters. The van der Waals surface area contributed by atoms with Gasteiger partial charge in [-0.25, -0.2) is 4.57 Å². The van der Waals surface area contributed by atoms with Crippen molar-refractivity contribution in [1.29, 1.82) is 0 Å². The van der Waals surface area contributed by atoms with Crippen molar-refractivity contribution in [2.45, 2.75) is 238 Å². The number of carbonyl (C=O) groups is 1. The van der Waals surface area contributed by atoms with E-state index in [0.717, 1.165) is 44.9 Å². The van der Waals surface area contributed by atoms with Crippen LogP contribution in [-0.2, 0) is 18.4 Å². The Hall–Kier alpha value is -1.28. The standard InChI is InChI=1S/C47H91N2O6P/c1-3-5-7-9-11-13-15-17-19-21-23-24-26-28-30-32-34-36-38-40-46(50)45(44-55-56(52,53)54-43-42-48)49-47(51)41-39-37-35-33-31-29-27-25-22-20-18-16-14-12-10-8-6-4-2/h23-24,30,32,38,40,45-46,50H,3-22,25-29,31,33-37,39,41-44,48H2,1-2H3,(H,49,51)(H,52,53)/b24-23+,32-30+,40-38+. The first-order valence-corrected chi connectivity index (χ1v) is 25.1. The lowest BCUT2D eigenvalue weighted by Gasteiger charge is -2.23. The Kier molecular flexibility index (Phi) is 42.3. The second kappa shape index (κ2) is 43.3. The van der Waals surface area contributed by atoms with Gasteiger partial charge in [0, 0.05) is 13.0 Å². The van der Waals surface area contributed by atoms with Crippen LogP contribution in [-0.4, -0.2) is 47.8 Å². The summed E-state index contributed by atoms with van der Waals surface area (Å²) in [6.45, 7) is 4.12. The molecule has 9 heteroatoms. The number of rotatable bonds is 44. The largest absolute Gasteiger partial charge is 0.472 e. The number of amides is 1. The minimum atomic E-state index is -4.35. The summed E-state index contributed by atoms with van der Waals surface area (Å²) < 4.78 is 22.1. The quantitative estimate of drug-likeness (QED) is 0.0274. The van der Waals surface area contributed by atoms with Crippen molar-refractivity contribution < 1.29 is 28.4 Å². The van der Waals surface area contributed by atoms with Gasteiger partial charge < -0.3 is 21.1 Å². The van der Waals surface area contributed by atoms with Crippen molar-refractivity contribution in [3.63, 3.8) is 0 Å². The second-order valence-corrected chi connectivity index (χ2v) is 17.4. The molecule has 0 radical (unpaired) electrons. The van der Waals surface area contributed by atoms with Gasteiger partial charge in [-0.15, -0.1) is 0 Å². The Morgan fingerprint density at radius 3 is 1.38 bits per heavy atom. The molecule has 0 aliphatic carbocycles. The van der Waals surface area contributed by atoms with Crippen LogP contribution in [0.3, 0.4) is 0 Å². The Morgan fingerprint density at radius 1 is 0.571 bits per heavy atom. The number of aliphatic hydroxyl groups excluding tert-OH is 1. The first-order valence-electron chi connectivity index (χ1n) is 23.6. The smallest absolute Gasteiger partial charge is 0.387 e. The summed E-state index contributed by atoms with van der Waals surface area (Å²) in [5, 5.41) is 13.7. The molecule has 0 aromatic heterocycles. The predicted octanol–water partition coefficient (Wildman–Crippen LogP) is 13.5. The average molecular weight is 811 g/mol. The summed E-state index contributed by atoms with van der Waals surface area (Å²) >= 11 is 0. The summed E-state index contributed by atoms with van der Waals surface area (Å²) in [5.41, 5.74) is 5.38. The van der Waals surface area contributed by atoms with E-state index in [2.05, 4.69) is 43.5 Å². The Labute approximate surface area is 346 Å². The number of phosphoric acid groups is 1. The zero-order chi connectivity index (χ0) is 41.1. The van der Waals surface area contributed by atoms with Gasteiger partial charge in [0.2, 0.25) is 5.91 Å². The van der Waals surface area contributed by atoms with E-state index in [1.165, 1.54) is 161 Å². The number of hydrogen-bond donors (Lipinski definition) is 4. The third-order valence-electron chi connectivity index (χ3n) is 10.4. The number of nitrogens with two attached hydrogens (primary N) is 1. The fourth-order valence-corrected chi connectivity index (χ4v) is 7.63. The van der Waals surface area contributed by atoms with Crippen molar-refractivity contribution in [3.8, 4) is 0 Å². The molecule has 0 spiro atoms. The second-order valence-electron chi connectivity index (χ2n) is 16.0. The third kappa shape index (κ3) is 40.9. The fraction of sp³-hybridized carbons (Fsp3) is 0.851. The molecule has 0 aliphatic rings. The van der Waals surface area contributed by atoms with Gasteiger partial charge in [0.05, 0.1) is 25.4 Å². The van der Waals surface area contributed by atoms with Gasteiger partial charge in [0.1, 0.15) is 0 Å². The minimum absolute atomic E-state index is 0.0728. The SMILES string of the molecule is CCCCCCCCCCC/C=C/CC/C=C/CC/C=C/C(O)C(COP(=O)(O)OCCN)NC(=O)CCCCCCCCCCCCCCCCCCCC. The van der Waals surface area contributed by atoms with E-state index in [1.54, 1.807) is 6.08 Å². The first kappa shape index (κ1) is 54.7. The molecule has 0 aliphatic heterocycles. The lowest BCUT2D eigenvalue weighted by Crippen LogP contribution is -2.45. The van der Waals surface area contributed by atoms with Crippen LogP contribution in [0.1, 0.15) is 226 Å². The molecule has 0 rings (SSSR count). The molecule has 8 nitrogen and oxygen atoms in total. The summed E-state index contributed by atoms with van der Waals surface area (Å²) in [5.74, 6) is -0.205. The first-order chi connectivity index (χ1) is 27.4. The van der Waals surface area contributed by atoms with E-state index in [9.17, 15) is 19.4 Å². The fourth-order valence-electron chi connectivity index (χ4n) is 6.87. The Morgan fingerprint density at radius 2 is 0.946 bits per heavy atom. The molecule has 56 heavy (non-hydrogen) atoms. The number of unbranched alkanes of at least 4 members (excludes halogenated alkanes) is 28. The van der Waals surface area contributed by atoms with Crippen molar-refractivity contribution in [2.75, 3.05) is 19.8 Å². The number of hydrogen-bond acceptors (Lipinski definition) is 6.